The number of amides is 1. The van der Waals surface area contributed by atoms with Crippen LogP contribution in [0, 0.1) is 0 Å². The molecule has 0 aliphatic rings. The number of carbonyl (C=O) groups is 1. The second-order valence-corrected chi connectivity index (χ2v) is 4.86. The lowest BCUT2D eigenvalue weighted by Crippen LogP contribution is -2.33. The van der Waals surface area contributed by atoms with Gasteiger partial charge < -0.3 is 10.4 Å². The summed E-state index contributed by atoms with van der Waals surface area (Å²) in [6, 6.07) is 2.03. The summed E-state index contributed by atoms with van der Waals surface area (Å²) in [5.41, 5.74) is 0. The van der Waals surface area contributed by atoms with Crippen LogP contribution in [0.25, 0.3) is 0 Å². The highest BCUT2D eigenvalue weighted by atomic mass is 79.9. The first kappa shape index (κ1) is 11.7. The monoisotopic (exact) mass is 277 g/mol. The Morgan fingerprint density at radius 3 is 3.00 bits per heavy atom. The molecule has 1 aromatic rings. The molecule has 1 amide bonds. The van der Waals surface area contributed by atoms with Crippen LogP contribution in [0.5, 0.6) is 0 Å². The van der Waals surface area contributed by atoms with Gasteiger partial charge in [0.15, 0.2) is 0 Å². The van der Waals surface area contributed by atoms with Gasteiger partial charge in [-0.1, -0.05) is 0 Å². The Hall–Kier alpha value is -0.390. The minimum Gasteiger partial charge on any atom is -0.384 e. The molecular formula is C9H12BrNO2S. The lowest BCUT2D eigenvalue weighted by molar-refractivity contribution is -0.128. The van der Waals surface area contributed by atoms with E-state index in [9.17, 15) is 4.79 Å². The smallest absolute Gasteiger partial charge is 0.248 e. The molecule has 3 nitrogen and oxygen atoms in total. The highest BCUT2D eigenvalue weighted by molar-refractivity contribution is 9.10. The molecule has 0 aliphatic carbocycles. The molecule has 1 atom stereocenters. The van der Waals surface area contributed by atoms with E-state index in [4.69, 9.17) is 5.11 Å². The van der Waals surface area contributed by atoms with Crippen molar-refractivity contribution in [1.82, 2.24) is 5.32 Å². The Morgan fingerprint density at radius 2 is 2.50 bits per heavy atom. The van der Waals surface area contributed by atoms with Gasteiger partial charge in [0, 0.05) is 21.3 Å². The van der Waals surface area contributed by atoms with Crippen LogP contribution in [-0.4, -0.2) is 23.7 Å². The molecule has 14 heavy (non-hydrogen) atoms. The van der Waals surface area contributed by atoms with Crippen molar-refractivity contribution >= 4 is 33.2 Å². The van der Waals surface area contributed by atoms with Gasteiger partial charge in [0.05, 0.1) is 0 Å². The number of aliphatic hydroxyl groups is 1. The predicted molar refractivity (Wildman–Crippen MR) is 60.4 cm³/mol. The quantitative estimate of drug-likeness (QED) is 0.878. The zero-order valence-corrected chi connectivity index (χ0v) is 10.2. The molecule has 0 fully saturated rings. The minimum absolute atomic E-state index is 0.319. The van der Waals surface area contributed by atoms with Crippen molar-refractivity contribution in [2.24, 2.45) is 0 Å². The summed E-state index contributed by atoms with van der Waals surface area (Å²) in [7, 11) is 0. The molecule has 0 aliphatic heterocycles. The van der Waals surface area contributed by atoms with Crippen LogP contribution in [0.15, 0.2) is 15.9 Å². The maximum atomic E-state index is 11.0. The third-order valence-electron chi connectivity index (χ3n) is 1.67. The average Bonchev–Trinajstić information content (AvgIpc) is 2.51. The Balaban J connectivity index is 2.25. The highest BCUT2D eigenvalue weighted by Crippen LogP contribution is 2.19. The normalized spacial score (nSPS) is 12.5. The van der Waals surface area contributed by atoms with Crippen LogP contribution in [0.1, 0.15) is 11.8 Å². The van der Waals surface area contributed by atoms with Crippen molar-refractivity contribution in [3.05, 3.63) is 20.8 Å². The third-order valence-corrected chi connectivity index (χ3v) is 3.43. The molecule has 2 N–H and O–H groups in total. The molecule has 0 bridgehead atoms. The van der Waals surface area contributed by atoms with E-state index < -0.39 is 6.10 Å². The summed E-state index contributed by atoms with van der Waals surface area (Å²) in [5, 5.41) is 13.6. The lowest BCUT2D eigenvalue weighted by atomic mass is 10.3. The van der Waals surface area contributed by atoms with E-state index in [0.717, 1.165) is 10.9 Å². The number of nitrogens with one attached hydrogen (secondary N) is 1. The second-order valence-electron chi connectivity index (χ2n) is 2.95. The van der Waals surface area contributed by atoms with Gasteiger partial charge in [-0.25, -0.2) is 0 Å². The molecule has 5 heteroatoms. The van der Waals surface area contributed by atoms with E-state index in [-0.39, 0.29) is 5.91 Å². The maximum absolute atomic E-state index is 11.0. The first-order valence-electron chi connectivity index (χ1n) is 4.28. The van der Waals surface area contributed by atoms with Gasteiger partial charge in [0.1, 0.15) is 6.10 Å². The van der Waals surface area contributed by atoms with E-state index >= 15 is 0 Å². The summed E-state index contributed by atoms with van der Waals surface area (Å²) in [4.78, 5) is 12.2. The molecule has 1 aromatic heterocycles. The number of carbonyl (C=O) groups excluding carboxylic acids is 1. The zero-order chi connectivity index (χ0) is 10.6. The van der Waals surface area contributed by atoms with Crippen molar-refractivity contribution in [3.8, 4) is 0 Å². The van der Waals surface area contributed by atoms with E-state index in [1.54, 1.807) is 11.3 Å². The number of aliphatic hydroxyl groups excluding tert-OH is 1. The van der Waals surface area contributed by atoms with Gasteiger partial charge in [-0.2, -0.15) is 0 Å². The van der Waals surface area contributed by atoms with Crippen molar-refractivity contribution in [2.45, 2.75) is 19.4 Å². The van der Waals surface area contributed by atoms with Crippen LogP contribution in [0.4, 0.5) is 0 Å². The van der Waals surface area contributed by atoms with Crippen LogP contribution in [0.3, 0.4) is 0 Å². The van der Waals surface area contributed by atoms with E-state index in [2.05, 4.69) is 21.2 Å². The van der Waals surface area contributed by atoms with Gasteiger partial charge >= 0.3 is 0 Å². The second kappa shape index (κ2) is 5.48. The van der Waals surface area contributed by atoms with E-state index in [0.29, 0.717) is 6.54 Å². The van der Waals surface area contributed by atoms with Gasteiger partial charge in [0.25, 0.3) is 0 Å². The lowest BCUT2D eigenvalue weighted by Gasteiger charge is -2.05. The Morgan fingerprint density at radius 1 is 1.79 bits per heavy atom. The fraction of sp³-hybridized carbons (Fsp3) is 0.444. The van der Waals surface area contributed by atoms with Crippen LogP contribution >= 0.6 is 27.3 Å². The Labute approximate surface area is 95.3 Å². The van der Waals surface area contributed by atoms with Gasteiger partial charge in [-0.15, -0.1) is 11.3 Å². The van der Waals surface area contributed by atoms with Gasteiger partial charge in [-0.05, 0) is 35.3 Å². The van der Waals surface area contributed by atoms with Crippen LogP contribution in [0.2, 0.25) is 0 Å². The summed E-state index contributed by atoms with van der Waals surface area (Å²) in [6.07, 6.45) is -0.126. The van der Waals surface area contributed by atoms with Crippen molar-refractivity contribution < 1.29 is 9.90 Å². The summed E-state index contributed by atoms with van der Waals surface area (Å²) >= 11 is 5.01. The zero-order valence-electron chi connectivity index (χ0n) is 7.79. The predicted octanol–water partition coefficient (Wildman–Crippen LogP) is 1.55. The largest absolute Gasteiger partial charge is 0.384 e. The van der Waals surface area contributed by atoms with E-state index in [1.165, 1.54) is 11.8 Å². The van der Waals surface area contributed by atoms with Crippen molar-refractivity contribution in [2.75, 3.05) is 6.54 Å². The molecule has 1 heterocycles. The highest BCUT2D eigenvalue weighted by Gasteiger charge is 2.07. The molecule has 0 aromatic carbocycles. The number of halogens is 1. The number of hydrogen-bond donors (Lipinski definition) is 2. The molecule has 0 saturated heterocycles. The maximum Gasteiger partial charge on any atom is 0.248 e. The third kappa shape index (κ3) is 3.77. The number of thiophene rings is 1. The summed E-state index contributed by atoms with van der Waals surface area (Å²) in [5.74, 6) is -0.319. The molecule has 0 saturated carbocycles. The number of rotatable bonds is 4. The molecule has 1 rings (SSSR count). The topological polar surface area (TPSA) is 49.3 Å². The average molecular weight is 278 g/mol. The Bertz CT molecular complexity index is 312. The minimum atomic E-state index is -0.926. The first-order valence-corrected chi connectivity index (χ1v) is 5.95. The molecule has 0 radical (unpaired) electrons. The molecular weight excluding hydrogens is 266 g/mol. The van der Waals surface area contributed by atoms with Crippen molar-refractivity contribution in [1.29, 1.82) is 0 Å². The first-order chi connectivity index (χ1) is 6.59. The Kier molecular flexibility index (Phi) is 4.57. The number of hydrogen-bond acceptors (Lipinski definition) is 3. The SMILES string of the molecule is CC(O)C(=O)NCCc1cc(Br)cs1. The van der Waals surface area contributed by atoms with Gasteiger partial charge in [-0.3, -0.25) is 4.79 Å². The standard InChI is InChI=1S/C9H12BrNO2S/c1-6(12)9(13)11-3-2-8-4-7(10)5-14-8/h4-6,12H,2-3H2,1H3,(H,11,13). The molecule has 0 spiro atoms. The fourth-order valence-corrected chi connectivity index (χ4v) is 2.40. The summed E-state index contributed by atoms with van der Waals surface area (Å²) < 4.78 is 1.07. The molecule has 1 unspecified atom stereocenters. The fourth-order valence-electron chi connectivity index (χ4n) is 0.942. The summed E-state index contributed by atoms with van der Waals surface area (Å²) in [6.45, 7) is 2.02. The van der Waals surface area contributed by atoms with Crippen LogP contribution in [-0.2, 0) is 11.2 Å². The van der Waals surface area contributed by atoms with Gasteiger partial charge in [0.2, 0.25) is 5.91 Å². The van der Waals surface area contributed by atoms with Crippen molar-refractivity contribution in [3.63, 3.8) is 0 Å². The molecule has 78 valence electrons. The van der Waals surface area contributed by atoms with Crippen LogP contribution < -0.4 is 5.32 Å². The van der Waals surface area contributed by atoms with E-state index in [1.807, 2.05) is 11.4 Å².